The maximum Gasteiger partial charge on any atom is 0.573 e. The SMILES string of the molecule is CC1=CCCC2(C)C(CCC2(O)CN(Cc2ccc(OC(F)(F)F)cc2)C(=O)OC2CC(C)CCC2C(C)C)c2ccc(cc2C(=O)C2CCCCC2)CC(O)CC1. The van der Waals surface area contributed by atoms with Crippen molar-refractivity contribution in [3.8, 4) is 5.75 Å². The molecule has 2 bridgehead atoms. The van der Waals surface area contributed by atoms with Gasteiger partial charge in [-0.15, -0.1) is 13.2 Å². The first-order valence-electron chi connectivity index (χ1n) is 22.0. The van der Waals surface area contributed by atoms with Crippen molar-refractivity contribution in [3.63, 3.8) is 0 Å². The Balaban J connectivity index is 1.38. The highest BCUT2D eigenvalue weighted by Crippen LogP contribution is 2.59. The Morgan fingerprint density at radius 2 is 1.69 bits per heavy atom. The van der Waals surface area contributed by atoms with Crippen LogP contribution in [-0.4, -0.2) is 57.7 Å². The highest BCUT2D eigenvalue weighted by molar-refractivity contribution is 5.99. The quantitative estimate of drug-likeness (QED) is 0.193. The number of benzene rings is 2. The van der Waals surface area contributed by atoms with E-state index in [2.05, 4.69) is 51.5 Å². The predicted molar refractivity (Wildman–Crippen MR) is 219 cm³/mol. The van der Waals surface area contributed by atoms with Gasteiger partial charge in [0.25, 0.3) is 0 Å². The first kappa shape index (κ1) is 44.2. The minimum Gasteiger partial charge on any atom is -0.446 e. The minimum atomic E-state index is -4.83. The maximum atomic E-state index is 14.5. The molecule has 1 amide bonds. The molecule has 0 heterocycles. The third-order valence-electron chi connectivity index (χ3n) is 14.4. The molecule has 0 spiro atoms. The monoisotopic (exact) mass is 809 g/mol. The van der Waals surface area contributed by atoms with Crippen molar-refractivity contribution in [2.45, 2.75) is 168 Å². The van der Waals surface area contributed by atoms with Gasteiger partial charge >= 0.3 is 12.5 Å². The van der Waals surface area contributed by atoms with Gasteiger partial charge in [0.2, 0.25) is 0 Å². The van der Waals surface area contributed by atoms with Crippen LogP contribution in [0.15, 0.2) is 54.1 Å². The lowest BCUT2D eigenvalue weighted by molar-refractivity contribution is -0.274. The Hall–Kier alpha value is -3.37. The number of fused-ring (bicyclic) bond motifs is 8. The molecule has 58 heavy (non-hydrogen) atoms. The summed E-state index contributed by atoms with van der Waals surface area (Å²) >= 11 is 0. The fourth-order valence-electron chi connectivity index (χ4n) is 10.8. The molecule has 2 N–H and O–H groups in total. The number of nitrogens with zero attached hydrogens (tertiary/aromatic N) is 1. The maximum absolute atomic E-state index is 14.5. The topological polar surface area (TPSA) is 96.3 Å². The van der Waals surface area contributed by atoms with Gasteiger partial charge in [0.05, 0.1) is 18.2 Å². The average Bonchev–Trinajstić information content (AvgIpc) is 3.42. The van der Waals surface area contributed by atoms with Gasteiger partial charge in [-0.1, -0.05) is 89.3 Å². The highest BCUT2D eigenvalue weighted by Gasteiger charge is 2.58. The van der Waals surface area contributed by atoms with E-state index >= 15 is 0 Å². The molecular formula is C48H66F3NO6. The second-order valence-corrected chi connectivity index (χ2v) is 18.9. The van der Waals surface area contributed by atoms with Crippen molar-refractivity contribution >= 4 is 11.9 Å². The fourth-order valence-corrected chi connectivity index (χ4v) is 10.8. The van der Waals surface area contributed by atoms with Gasteiger partial charge < -0.3 is 24.6 Å². The summed E-state index contributed by atoms with van der Waals surface area (Å²) < 4.78 is 49.6. The average molecular weight is 810 g/mol. The van der Waals surface area contributed by atoms with Crippen LogP contribution in [0.3, 0.4) is 0 Å². The molecule has 3 saturated carbocycles. The summed E-state index contributed by atoms with van der Waals surface area (Å²) in [7, 11) is 0. The molecular weight excluding hydrogens is 744 g/mol. The van der Waals surface area contributed by atoms with Gasteiger partial charge in [-0.2, -0.15) is 0 Å². The number of ether oxygens (including phenoxy) is 2. The predicted octanol–water partition coefficient (Wildman–Crippen LogP) is 11.5. The van der Waals surface area contributed by atoms with Crippen molar-refractivity contribution in [1.82, 2.24) is 4.90 Å². The van der Waals surface area contributed by atoms with Crippen LogP contribution < -0.4 is 4.74 Å². The summed E-state index contributed by atoms with van der Waals surface area (Å²) in [5, 5.41) is 24.2. The lowest BCUT2D eigenvalue weighted by atomic mass is 9.64. The molecule has 0 aliphatic heterocycles. The number of ketones is 1. The van der Waals surface area contributed by atoms with E-state index in [1.807, 2.05) is 12.1 Å². The summed E-state index contributed by atoms with van der Waals surface area (Å²) in [4.78, 5) is 30.6. The molecule has 10 heteroatoms. The van der Waals surface area contributed by atoms with E-state index in [0.717, 1.165) is 68.9 Å². The van der Waals surface area contributed by atoms with Crippen molar-refractivity contribution in [1.29, 1.82) is 0 Å². The van der Waals surface area contributed by atoms with Crippen LogP contribution in [-0.2, 0) is 17.7 Å². The minimum absolute atomic E-state index is 0.0181. The highest BCUT2D eigenvalue weighted by atomic mass is 19.4. The smallest absolute Gasteiger partial charge is 0.446 e. The number of hydrogen-bond acceptors (Lipinski definition) is 6. The molecule has 3 fully saturated rings. The first-order chi connectivity index (χ1) is 27.4. The van der Waals surface area contributed by atoms with Crippen molar-refractivity contribution in [3.05, 3.63) is 76.4 Å². The number of aliphatic hydroxyl groups is 2. The number of alkyl halides is 3. The van der Waals surface area contributed by atoms with E-state index in [1.165, 1.54) is 29.8 Å². The van der Waals surface area contributed by atoms with Crippen LogP contribution in [0.5, 0.6) is 5.75 Å². The number of halogens is 3. The largest absolute Gasteiger partial charge is 0.573 e. The van der Waals surface area contributed by atoms with E-state index in [1.54, 1.807) is 4.90 Å². The molecule has 320 valence electrons. The molecule has 5 aliphatic carbocycles. The lowest BCUT2D eigenvalue weighted by Gasteiger charge is -2.46. The standard InChI is InChI=1S/C48H66F3NO6/c1-31(2)39-21-14-33(4)26-43(39)57-45(55)52(29-34-15-19-38(20-16-34)58-48(49,50)51)30-47(56)25-23-42-40-22-17-35(28-41(40)44(54)36-11-7-6-8-12-36)27-37(53)18-13-32(3)10-9-24-46(42,47)5/h10,15-17,19-20,22,28,31,33,36-37,39,42-43,53,56H,6-9,11-14,18,21,23-27,29-30H2,1-5H3. The van der Waals surface area contributed by atoms with Crippen molar-refractivity contribution < 1.29 is 42.4 Å². The number of carbonyl (C=O) groups is 2. The number of carbonyl (C=O) groups excluding carboxylic acids is 2. The van der Waals surface area contributed by atoms with Crippen LogP contribution in [0.2, 0.25) is 0 Å². The molecule has 2 aromatic carbocycles. The summed E-state index contributed by atoms with van der Waals surface area (Å²) in [6, 6.07) is 11.6. The van der Waals surface area contributed by atoms with Crippen molar-refractivity contribution in [2.24, 2.45) is 29.1 Å². The number of rotatable bonds is 9. The zero-order valence-corrected chi connectivity index (χ0v) is 35.3. The van der Waals surface area contributed by atoms with Crippen LogP contribution in [0.4, 0.5) is 18.0 Å². The third-order valence-corrected chi connectivity index (χ3v) is 14.4. The summed E-state index contributed by atoms with van der Waals surface area (Å²) in [5.41, 5.74) is 2.13. The summed E-state index contributed by atoms with van der Waals surface area (Å²) in [6.45, 7) is 10.6. The van der Waals surface area contributed by atoms with Crippen LogP contribution in [0.25, 0.3) is 0 Å². The number of hydrogen-bond donors (Lipinski definition) is 2. The second kappa shape index (κ2) is 18.5. The number of aliphatic hydroxyl groups excluding tert-OH is 1. The van der Waals surface area contributed by atoms with Crippen LogP contribution in [0.1, 0.15) is 157 Å². The molecule has 7 unspecified atom stereocenters. The second-order valence-electron chi connectivity index (χ2n) is 18.9. The summed E-state index contributed by atoms with van der Waals surface area (Å²) in [5.74, 6) is 0.430. The Morgan fingerprint density at radius 3 is 2.38 bits per heavy atom. The molecule has 7 nitrogen and oxygen atoms in total. The van der Waals surface area contributed by atoms with E-state index < -0.39 is 29.6 Å². The van der Waals surface area contributed by atoms with Gasteiger partial charge in [0, 0.05) is 23.4 Å². The van der Waals surface area contributed by atoms with E-state index in [0.29, 0.717) is 61.5 Å². The van der Waals surface area contributed by atoms with Crippen molar-refractivity contribution in [2.75, 3.05) is 6.54 Å². The normalized spacial score (nSPS) is 30.0. The van der Waals surface area contributed by atoms with Crippen LogP contribution >= 0.6 is 0 Å². The zero-order chi connectivity index (χ0) is 41.8. The summed E-state index contributed by atoms with van der Waals surface area (Å²) in [6.07, 6.45) is 7.71. The molecule has 0 radical (unpaired) electrons. The van der Waals surface area contributed by atoms with E-state index in [9.17, 15) is 33.0 Å². The molecule has 0 saturated heterocycles. The Morgan fingerprint density at radius 1 is 0.966 bits per heavy atom. The molecule has 5 aliphatic rings. The Kier molecular flexibility index (Phi) is 14.1. The number of amides is 1. The Labute approximate surface area is 343 Å². The van der Waals surface area contributed by atoms with Gasteiger partial charge in [-0.05, 0) is 136 Å². The molecule has 2 aromatic rings. The molecule has 0 aromatic heterocycles. The zero-order valence-electron chi connectivity index (χ0n) is 35.3. The molecule has 7 rings (SSSR count). The Bertz CT molecular complexity index is 1750. The van der Waals surface area contributed by atoms with Gasteiger partial charge in [0.1, 0.15) is 11.9 Å². The van der Waals surface area contributed by atoms with Gasteiger partial charge in [-0.25, -0.2) is 4.79 Å². The molecule has 7 atom stereocenters. The number of allylic oxidation sites excluding steroid dienone is 2. The van der Waals surface area contributed by atoms with Gasteiger partial charge in [0.15, 0.2) is 5.78 Å². The van der Waals surface area contributed by atoms with E-state index in [4.69, 9.17) is 4.74 Å². The van der Waals surface area contributed by atoms with Crippen LogP contribution in [0, 0.1) is 29.1 Å². The van der Waals surface area contributed by atoms with E-state index in [-0.39, 0.29) is 48.5 Å². The first-order valence-corrected chi connectivity index (χ1v) is 22.0. The number of Topliss-reactive ketones (excluding diaryl/α,β-unsaturated/α-hetero) is 1. The lowest BCUT2D eigenvalue weighted by Crippen LogP contribution is -2.54. The fraction of sp³-hybridized carbons (Fsp3) is 0.667. The third kappa shape index (κ3) is 10.5. The van der Waals surface area contributed by atoms with Gasteiger partial charge in [-0.3, -0.25) is 4.79 Å².